The van der Waals surface area contributed by atoms with Gasteiger partial charge in [0.25, 0.3) is 5.91 Å². The Morgan fingerprint density at radius 1 is 1.00 bits per heavy atom. The number of nitrogens with zero attached hydrogens (tertiary/aromatic N) is 1. The smallest absolute Gasteiger partial charge is 0.255 e. The van der Waals surface area contributed by atoms with Crippen molar-refractivity contribution in [3.8, 4) is 12.3 Å². The third-order valence-electron chi connectivity index (χ3n) is 4.59. The van der Waals surface area contributed by atoms with E-state index in [1.54, 1.807) is 36.4 Å². The molecule has 1 N–H and O–H groups in total. The van der Waals surface area contributed by atoms with Gasteiger partial charge in [0, 0.05) is 29.9 Å². The molecule has 1 saturated heterocycles. The number of hydrogen-bond donors (Lipinski definition) is 1. The quantitative estimate of drug-likeness (QED) is 0.823. The Labute approximate surface area is 160 Å². The summed E-state index contributed by atoms with van der Waals surface area (Å²) in [6, 6.07) is 13.1. The van der Waals surface area contributed by atoms with Crippen molar-refractivity contribution < 1.29 is 13.2 Å². The molecule has 0 aliphatic carbocycles. The third kappa shape index (κ3) is 4.57. The summed E-state index contributed by atoms with van der Waals surface area (Å²) in [6.45, 7) is 1.05. The van der Waals surface area contributed by atoms with Crippen molar-refractivity contribution in [1.29, 1.82) is 0 Å². The maximum Gasteiger partial charge on any atom is 0.255 e. The molecule has 6 heteroatoms. The molecule has 27 heavy (non-hydrogen) atoms. The van der Waals surface area contributed by atoms with E-state index in [1.807, 2.05) is 0 Å². The number of nitrogens with one attached hydrogen (secondary N) is 1. The molecule has 0 radical (unpaired) electrons. The minimum Gasteiger partial charge on any atom is -0.322 e. The molecule has 5 nitrogen and oxygen atoms in total. The summed E-state index contributed by atoms with van der Waals surface area (Å²) in [5.74, 6) is 2.14. The van der Waals surface area contributed by atoms with Crippen LogP contribution in [-0.2, 0) is 10.0 Å². The highest BCUT2D eigenvalue weighted by Gasteiger charge is 2.25. The van der Waals surface area contributed by atoms with E-state index < -0.39 is 10.0 Å². The molecule has 3 rings (SSSR count). The summed E-state index contributed by atoms with van der Waals surface area (Å²) in [7, 11) is -3.60. The first-order valence-electron chi connectivity index (χ1n) is 8.99. The summed E-state index contributed by atoms with van der Waals surface area (Å²) in [4.78, 5) is 12.7. The van der Waals surface area contributed by atoms with Crippen molar-refractivity contribution in [2.24, 2.45) is 0 Å². The molecule has 0 unspecified atom stereocenters. The van der Waals surface area contributed by atoms with Crippen LogP contribution in [0, 0.1) is 12.3 Å². The van der Waals surface area contributed by atoms with E-state index in [2.05, 4.69) is 11.2 Å². The third-order valence-corrected chi connectivity index (χ3v) is 6.48. The summed E-state index contributed by atoms with van der Waals surface area (Å²) in [5.41, 5.74) is 1.51. The molecule has 1 heterocycles. The minimum atomic E-state index is -3.60. The Hall–Kier alpha value is -2.62. The molecule has 1 amide bonds. The van der Waals surface area contributed by atoms with E-state index in [0.29, 0.717) is 24.3 Å². The molecule has 140 valence electrons. The fraction of sp³-hybridized carbons (Fsp3) is 0.286. The zero-order chi connectivity index (χ0) is 19.3. The number of anilines is 1. The molecule has 1 aliphatic heterocycles. The van der Waals surface area contributed by atoms with Gasteiger partial charge in [0.15, 0.2) is 0 Å². The first-order chi connectivity index (χ1) is 13.0. The van der Waals surface area contributed by atoms with Gasteiger partial charge in [-0.15, -0.1) is 6.42 Å². The molecule has 1 fully saturated rings. The lowest BCUT2D eigenvalue weighted by molar-refractivity contribution is 0.102. The second kappa shape index (κ2) is 8.38. The Balaban J connectivity index is 1.82. The van der Waals surface area contributed by atoms with Gasteiger partial charge in [-0.25, -0.2) is 8.42 Å². The predicted molar refractivity (Wildman–Crippen MR) is 106 cm³/mol. The Morgan fingerprint density at radius 3 is 2.41 bits per heavy atom. The topological polar surface area (TPSA) is 66.5 Å². The number of terminal acetylenes is 1. The van der Waals surface area contributed by atoms with Gasteiger partial charge in [-0.3, -0.25) is 4.79 Å². The fourth-order valence-electron chi connectivity index (χ4n) is 3.12. The van der Waals surface area contributed by atoms with Gasteiger partial charge < -0.3 is 5.32 Å². The van der Waals surface area contributed by atoms with Crippen LogP contribution in [0.5, 0.6) is 0 Å². The van der Waals surface area contributed by atoms with Gasteiger partial charge in [0.1, 0.15) is 0 Å². The average Bonchev–Trinajstić information content (AvgIpc) is 2.98. The molecule has 0 saturated carbocycles. The van der Waals surface area contributed by atoms with E-state index in [4.69, 9.17) is 6.42 Å². The minimum absolute atomic E-state index is 0.148. The number of amides is 1. The molecule has 2 aromatic carbocycles. The predicted octanol–water partition coefficient (Wildman–Crippen LogP) is 3.48. The lowest BCUT2D eigenvalue weighted by atomic mass is 10.2. The second-order valence-electron chi connectivity index (χ2n) is 6.53. The van der Waals surface area contributed by atoms with Crippen LogP contribution in [0.4, 0.5) is 5.69 Å². The maximum absolute atomic E-state index is 12.9. The first kappa shape index (κ1) is 19.2. The summed E-state index contributed by atoms with van der Waals surface area (Å²) in [6.07, 6.45) is 9.20. The Bertz CT molecular complexity index is 969. The molecule has 0 atom stereocenters. The molecule has 0 aromatic heterocycles. The SMILES string of the molecule is C#Cc1cccc(NC(=O)c2cccc(S(=O)(=O)N3CCCCCC3)c2)c1. The Morgan fingerprint density at radius 2 is 1.70 bits per heavy atom. The first-order valence-corrected chi connectivity index (χ1v) is 10.4. The molecular formula is C21H22N2O3S. The highest BCUT2D eigenvalue weighted by Crippen LogP contribution is 2.21. The summed E-state index contributed by atoms with van der Waals surface area (Å²) >= 11 is 0. The number of carbonyl (C=O) groups excluding carboxylic acids is 1. The van der Waals surface area contributed by atoms with Gasteiger partial charge in [0.05, 0.1) is 4.90 Å². The molecule has 1 aliphatic rings. The summed E-state index contributed by atoms with van der Waals surface area (Å²) in [5, 5.41) is 2.76. The highest BCUT2D eigenvalue weighted by molar-refractivity contribution is 7.89. The van der Waals surface area contributed by atoms with Crippen molar-refractivity contribution in [1.82, 2.24) is 4.31 Å². The van der Waals surface area contributed by atoms with Gasteiger partial charge in [-0.05, 0) is 49.2 Å². The van der Waals surface area contributed by atoms with E-state index in [0.717, 1.165) is 25.7 Å². The van der Waals surface area contributed by atoms with Gasteiger partial charge >= 0.3 is 0 Å². The Kier molecular flexibility index (Phi) is 5.94. The van der Waals surface area contributed by atoms with Gasteiger partial charge in [0.2, 0.25) is 10.0 Å². The normalized spacial score (nSPS) is 15.5. The number of sulfonamides is 1. The number of hydrogen-bond acceptors (Lipinski definition) is 3. The van der Waals surface area contributed by atoms with E-state index >= 15 is 0 Å². The van der Waals surface area contributed by atoms with Gasteiger partial charge in [-0.1, -0.05) is 30.9 Å². The second-order valence-corrected chi connectivity index (χ2v) is 8.46. The lowest BCUT2D eigenvalue weighted by Gasteiger charge is -2.20. The van der Waals surface area contributed by atoms with Crippen molar-refractivity contribution >= 4 is 21.6 Å². The van der Waals surface area contributed by atoms with Crippen LogP contribution in [0.1, 0.15) is 41.6 Å². The number of benzene rings is 2. The van der Waals surface area contributed by atoms with E-state index in [-0.39, 0.29) is 16.4 Å². The molecule has 0 spiro atoms. The van der Waals surface area contributed by atoms with Crippen LogP contribution in [0.3, 0.4) is 0 Å². The fourth-order valence-corrected chi connectivity index (χ4v) is 4.68. The van der Waals surface area contributed by atoms with Crippen molar-refractivity contribution in [3.05, 3.63) is 59.7 Å². The van der Waals surface area contributed by atoms with Crippen molar-refractivity contribution in [2.75, 3.05) is 18.4 Å². The van der Waals surface area contributed by atoms with Crippen molar-refractivity contribution in [3.63, 3.8) is 0 Å². The van der Waals surface area contributed by atoms with E-state index in [9.17, 15) is 13.2 Å². The maximum atomic E-state index is 12.9. The lowest BCUT2D eigenvalue weighted by Crippen LogP contribution is -2.32. The van der Waals surface area contributed by atoms with Crippen LogP contribution in [0.15, 0.2) is 53.4 Å². The molecule has 2 aromatic rings. The zero-order valence-electron chi connectivity index (χ0n) is 15.0. The molecular weight excluding hydrogens is 360 g/mol. The van der Waals surface area contributed by atoms with Gasteiger partial charge in [-0.2, -0.15) is 4.31 Å². The largest absolute Gasteiger partial charge is 0.322 e. The van der Waals surface area contributed by atoms with Crippen LogP contribution >= 0.6 is 0 Å². The monoisotopic (exact) mass is 382 g/mol. The zero-order valence-corrected chi connectivity index (χ0v) is 15.8. The van der Waals surface area contributed by atoms with Crippen molar-refractivity contribution in [2.45, 2.75) is 30.6 Å². The highest BCUT2D eigenvalue weighted by atomic mass is 32.2. The summed E-state index contributed by atoms with van der Waals surface area (Å²) < 4.78 is 27.4. The average molecular weight is 382 g/mol. The molecule has 0 bridgehead atoms. The standard InChI is InChI=1S/C21H22N2O3S/c1-2-17-9-7-11-19(15-17)22-21(24)18-10-8-12-20(16-18)27(25,26)23-13-5-3-4-6-14-23/h1,7-12,15-16H,3-6,13-14H2,(H,22,24). The van der Waals surface area contributed by atoms with Crippen LogP contribution in [-0.4, -0.2) is 31.7 Å². The van der Waals surface area contributed by atoms with E-state index in [1.165, 1.54) is 16.4 Å². The number of rotatable bonds is 4. The number of carbonyl (C=O) groups is 1. The van der Waals surface area contributed by atoms with Crippen LogP contribution < -0.4 is 5.32 Å². The van der Waals surface area contributed by atoms with Crippen LogP contribution in [0.25, 0.3) is 0 Å². The van der Waals surface area contributed by atoms with Crippen LogP contribution in [0.2, 0.25) is 0 Å².